The van der Waals surface area contributed by atoms with Crippen molar-refractivity contribution in [2.24, 2.45) is 11.7 Å². The van der Waals surface area contributed by atoms with Gasteiger partial charge in [-0.2, -0.15) is 0 Å². The molecule has 1 aromatic carbocycles. The molecule has 0 bridgehead atoms. The fourth-order valence-corrected chi connectivity index (χ4v) is 1.72. The lowest BCUT2D eigenvalue weighted by atomic mass is 9.96. The number of carbonyl (C=O) groups excluding carboxylic acids is 1. The molecule has 94 valence electrons. The van der Waals surface area contributed by atoms with Crippen LogP contribution in [0.25, 0.3) is 0 Å². The molecule has 0 aliphatic heterocycles. The van der Waals surface area contributed by atoms with E-state index < -0.39 is 0 Å². The summed E-state index contributed by atoms with van der Waals surface area (Å²) in [6, 6.07) is 3.49. The van der Waals surface area contributed by atoms with Crippen molar-refractivity contribution < 1.29 is 14.3 Å². The topological polar surface area (TPSA) is 61.5 Å². The molecule has 1 atom stereocenters. The van der Waals surface area contributed by atoms with E-state index in [1.54, 1.807) is 33.3 Å². The fourth-order valence-electron chi connectivity index (χ4n) is 1.72. The lowest BCUT2D eigenvalue weighted by molar-refractivity contribution is 0.0931. The fraction of sp³-hybridized carbons (Fsp3) is 0.462. The highest BCUT2D eigenvalue weighted by molar-refractivity contribution is 6.00. The van der Waals surface area contributed by atoms with E-state index in [0.717, 1.165) is 5.56 Å². The van der Waals surface area contributed by atoms with Gasteiger partial charge in [0.05, 0.1) is 19.8 Å². The van der Waals surface area contributed by atoms with E-state index >= 15 is 0 Å². The lowest BCUT2D eigenvalue weighted by Gasteiger charge is -2.15. The molecular formula is C13H19NO3. The summed E-state index contributed by atoms with van der Waals surface area (Å²) in [7, 11) is 3.14. The van der Waals surface area contributed by atoms with E-state index in [0.29, 0.717) is 23.6 Å². The van der Waals surface area contributed by atoms with Crippen molar-refractivity contribution in [2.45, 2.75) is 13.8 Å². The van der Waals surface area contributed by atoms with Gasteiger partial charge in [-0.05, 0) is 19.1 Å². The first-order chi connectivity index (χ1) is 8.06. The number of methoxy groups -OCH3 is 2. The van der Waals surface area contributed by atoms with E-state index in [-0.39, 0.29) is 11.7 Å². The average Bonchev–Trinajstić information content (AvgIpc) is 2.36. The summed E-state index contributed by atoms with van der Waals surface area (Å²) in [6.07, 6.45) is 0. The molecule has 4 nitrogen and oxygen atoms in total. The van der Waals surface area contributed by atoms with E-state index in [9.17, 15) is 4.79 Å². The van der Waals surface area contributed by atoms with Crippen LogP contribution in [-0.2, 0) is 0 Å². The smallest absolute Gasteiger partial charge is 0.170 e. The predicted molar refractivity (Wildman–Crippen MR) is 66.8 cm³/mol. The Morgan fingerprint density at radius 3 is 2.47 bits per heavy atom. The molecule has 0 amide bonds. The number of hydrogen-bond acceptors (Lipinski definition) is 4. The molecule has 0 aliphatic carbocycles. The van der Waals surface area contributed by atoms with Gasteiger partial charge in [0, 0.05) is 18.0 Å². The SMILES string of the molecule is COc1ccc(C(=O)C(C)CN)c(OC)c1C. The van der Waals surface area contributed by atoms with Gasteiger partial charge in [-0.15, -0.1) is 0 Å². The molecule has 1 aromatic rings. The van der Waals surface area contributed by atoms with Crippen LogP contribution in [0.3, 0.4) is 0 Å². The van der Waals surface area contributed by atoms with Gasteiger partial charge in [-0.3, -0.25) is 4.79 Å². The zero-order valence-corrected chi connectivity index (χ0v) is 10.7. The molecule has 1 unspecified atom stereocenters. The van der Waals surface area contributed by atoms with Crippen LogP contribution in [0.5, 0.6) is 11.5 Å². The Bertz CT molecular complexity index is 415. The summed E-state index contributed by atoms with van der Waals surface area (Å²) in [5, 5.41) is 0. The highest BCUT2D eigenvalue weighted by Gasteiger charge is 2.20. The minimum Gasteiger partial charge on any atom is -0.496 e. The van der Waals surface area contributed by atoms with E-state index in [2.05, 4.69) is 0 Å². The Labute approximate surface area is 102 Å². The van der Waals surface area contributed by atoms with Crippen molar-refractivity contribution in [1.29, 1.82) is 0 Å². The summed E-state index contributed by atoms with van der Waals surface area (Å²) < 4.78 is 10.5. The molecule has 17 heavy (non-hydrogen) atoms. The number of carbonyl (C=O) groups is 1. The van der Waals surface area contributed by atoms with Crippen molar-refractivity contribution in [3.05, 3.63) is 23.3 Å². The van der Waals surface area contributed by atoms with E-state index in [1.165, 1.54) is 0 Å². The summed E-state index contributed by atoms with van der Waals surface area (Å²) in [4.78, 5) is 12.1. The first-order valence-corrected chi connectivity index (χ1v) is 5.52. The van der Waals surface area contributed by atoms with Crippen LogP contribution in [0.1, 0.15) is 22.8 Å². The van der Waals surface area contributed by atoms with Crippen LogP contribution < -0.4 is 15.2 Å². The maximum Gasteiger partial charge on any atom is 0.170 e. The minimum absolute atomic E-state index is 0.00453. The van der Waals surface area contributed by atoms with Crippen LogP contribution in [0.4, 0.5) is 0 Å². The standard InChI is InChI=1S/C13H19NO3/c1-8(7-14)12(15)10-5-6-11(16-3)9(2)13(10)17-4/h5-6,8H,7,14H2,1-4H3. The maximum atomic E-state index is 12.1. The summed E-state index contributed by atoms with van der Waals surface area (Å²) >= 11 is 0. The molecule has 0 saturated carbocycles. The van der Waals surface area contributed by atoms with Gasteiger partial charge in [0.2, 0.25) is 0 Å². The Morgan fingerprint density at radius 2 is 2.00 bits per heavy atom. The molecule has 4 heteroatoms. The molecule has 2 N–H and O–H groups in total. The Hall–Kier alpha value is -1.55. The Balaban J connectivity index is 3.26. The lowest BCUT2D eigenvalue weighted by Crippen LogP contribution is -2.21. The molecule has 0 fully saturated rings. The molecule has 0 aromatic heterocycles. The molecule has 0 aliphatic rings. The zero-order valence-electron chi connectivity index (χ0n) is 10.7. The van der Waals surface area contributed by atoms with Gasteiger partial charge < -0.3 is 15.2 Å². The number of rotatable bonds is 5. The minimum atomic E-state index is -0.211. The molecule has 0 heterocycles. The second kappa shape index (κ2) is 5.68. The van der Waals surface area contributed by atoms with Crippen LogP contribution >= 0.6 is 0 Å². The molecule has 0 saturated heterocycles. The highest BCUT2D eigenvalue weighted by Crippen LogP contribution is 2.32. The third kappa shape index (κ3) is 2.58. The number of ether oxygens (including phenoxy) is 2. The maximum absolute atomic E-state index is 12.1. The first kappa shape index (κ1) is 13.5. The Kier molecular flexibility index (Phi) is 4.52. The Morgan fingerprint density at radius 1 is 1.35 bits per heavy atom. The van der Waals surface area contributed by atoms with Crippen LogP contribution in [0.2, 0.25) is 0 Å². The van der Waals surface area contributed by atoms with Crippen molar-refractivity contribution in [3.8, 4) is 11.5 Å². The van der Waals surface area contributed by atoms with Crippen molar-refractivity contribution in [3.63, 3.8) is 0 Å². The largest absolute Gasteiger partial charge is 0.496 e. The average molecular weight is 237 g/mol. The summed E-state index contributed by atoms with van der Waals surface area (Å²) in [5.41, 5.74) is 6.89. The van der Waals surface area contributed by atoms with Crippen molar-refractivity contribution >= 4 is 5.78 Å². The second-order valence-electron chi connectivity index (χ2n) is 3.97. The van der Waals surface area contributed by atoms with E-state index in [1.807, 2.05) is 6.92 Å². The quantitative estimate of drug-likeness (QED) is 0.793. The normalized spacial score (nSPS) is 12.1. The molecule has 1 rings (SSSR count). The van der Waals surface area contributed by atoms with Gasteiger partial charge in [-0.25, -0.2) is 0 Å². The molecule has 0 radical (unpaired) electrons. The van der Waals surface area contributed by atoms with Crippen LogP contribution in [0, 0.1) is 12.8 Å². The predicted octanol–water partition coefficient (Wildman–Crippen LogP) is 1.79. The van der Waals surface area contributed by atoms with Crippen molar-refractivity contribution in [2.75, 3.05) is 20.8 Å². The number of hydrogen-bond donors (Lipinski definition) is 1. The number of Topliss-reactive ketones (excluding diaryl/α,β-unsaturated/α-hetero) is 1. The van der Waals surface area contributed by atoms with Gasteiger partial charge in [0.1, 0.15) is 11.5 Å². The summed E-state index contributed by atoms with van der Waals surface area (Å²) in [6.45, 7) is 4.00. The second-order valence-corrected chi connectivity index (χ2v) is 3.97. The zero-order chi connectivity index (χ0) is 13.0. The first-order valence-electron chi connectivity index (χ1n) is 5.52. The van der Waals surface area contributed by atoms with E-state index in [4.69, 9.17) is 15.2 Å². The molecular weight excluding hydrogens is 218 g/mol. The van der Waals surface area contributed by atoms with Crippen LogP contribution in [-0.4, -0.2) is 26.5 Å². The van der Waals surface area contributed by atoms with Crippen LogP contribution in [0.15, 0.2) is 12.1 Å². The third-order valence-corrected chi connectivity index (χ3v) is 2.85. The highest BCUT2D eigenvalue weighted by atomic mass is 16.5. The molecule has 0 spiro atoms. The number of nitrogens with two attached hydrogens (primary N) is 1. The van der Waals surface area contributed by atoms with Gasteiger partial charge in [0.25, 0.3) is 0 Å². The number of benzene rings is 1. The monoisotopic (exact) mass is 237 g/mol. The van der Waals surface area contributed by atoms with Gasteiger partial charge >= 0.3 is 0 Å². The summed E-state index contributed by atoms with van der Waals surface area (Å²) in [5.74, 6) is 1.06. The number of ketones is 1. The van der Waals surface area contributed by atoms with Crippen molar-refractivity contribution in [1.82, 2.24) is 0 Å². The van der Waals surface area contributed by atoms with Gasteiger partial charge in [0.15, 0.2) is 5.78 Å². The third-order valence-electron chi connectivity index (χ3n) is 2.85. The van der Waals surface area contributed by atoms with Gasteiger partial charge in [-0.1, -0.05) is 6.92 Å².